The minimum Gasteiger partial charge on any atom is -0.356 e. The van der Waals surface area contributed by atoms with Crippen LogP contribution in [0.15, 0.2) is 59.4 Å². The monoisotopic (exact) mass is 497 g/mol. The van der Waals surface area contributed by atoms with Crippen LogP contribution in [0.2, 0.25) is 0 Å². The zero-order valence-electron chi connectivity index (χ0n) is 16.9. The molecule has 0 saturated carbocycles. The lowest BCUT2D eigenvalue weighted by Gasteiger charge is -2.26. The van der Waals surface area contributed by atoms with Gasteiger partial charge >= 0.3 is 0 Å². The first-order valence-corrected chi connectivity index (χ1v) is 10.4. The van der Waals surface area contributed by atoms with Crippen LogP contribution in [0.25, 0.3) is 5.69 Å². The highest BCUT2D eigenvalue weighted by Crippen LogP contribution is 2.32. The van der Waals surface area contributed by atoms with Gasteiger partial charge in [-0.25, -0.2) is 4.68 Å². The van der Waals surface area contributed by atoms with Gasteiger partial charge < -0.3 is 10.6 Å². The molecule has 0 radical (unpaired) electrons. The van der Waals surface area contributed by atoms with Crippen molar-refractivity contribution in [2.45, 2.75) is 16.9 Å². The number of halogens is 3. The molecule has 2 aromatic carbocycles. The second kappa shape index (κ2) is 9.23. The van der Waals surface area contributed by atoms with Crippen LogP contribution in [-0.2, 0) is 7.05 Å². The van der Waals surface area contributed by atoms with Crippen molar-refractivity contribution in [3.05, 3.63) is 86.3 Å². The van der Waals surface area contributed by atoms with E-state index in [1.807, 2.05) is 6.07 Å². The fraction of sp³-hybridized carbons (Fsp3) is 0.200. The number of hydrogen-bond donors (Lipinski definition) is 2. The van der Waals surface area contributed by atoms with Crippen LogP contribution in [0.5, 0.6) is 0 Å². The molecule has 0 aliphatic heterocycles. The zero-order valence-corrected chi connectivity index (χ0v) is 19.1. The SMILES string of the molecule is Cc1c(N[C@@H](NC(=O)c2ccccc2[N+](=O)[O-])C(Cl)(Cl)Cl)c(=O)n(-c2ccccc2)n1C. The van der Waals surface area contributed by atoms with Crippen molar-refractivity contribution in [1.29, 1.82) is 0 Å². The largest absolute Gasteiger partial charge is 0.356 e. The maximum atomic E-state index is 13.1. The smallest absolute Gasteiger partial charge is 0.295 e. The van der Waals surface area contributed by atoms with Gasteiger partial charge in [-0.3, -0.25) is 24.4 Å². The number of nitrogens with one attached hydrogen (secondary N) is 2. The highest BCUT2D eigenvalue weighted by molar-refractivity contribution is 6.68. The number of para-hydroxylation sites is 2. The molecule has 0 aliphatic carbocycles. The van der Waals surface area contributed by atoms with Crippen molar-refractivity contribution in [3.8, 4) is 5.69 Å². The topological polar surface area (TPSA) is 111 Å². The Morgan fingerprint density at radius 1 is 1.09 bits per heavy atom. The molecule has 0 bridgehead atoms. The van der Waals surface area contributed by atoms with Gasteiger partial charge in [0.1, 0.15) is 17.4 Å². The zero-order chi connectivity index (χ0) is 23.6. The highest BCUT2D eigenvalue weighted by Gasteiger charge is 2.37. The predicted molar refractivity (Wildman–Crippen MR) is 124 cm³/mol. The fourth-order valence-corrected chi connectivity index (χ4v) is 3.44. The quantitative estimate of drug-likeness (QED) is 0.231. The van der Waals surface area contributed by atoms with E-state index < -0.39 is 32.0 Å². The standard InChI is InChI=1S/C20H18Cl3N5O4/c1-12-16(18(30)27(26(12)2)13-8-4-3-5-9-13)24-19(20(21,22)23)25-17(29)14-10-6-7-11-15(14)28(31)32/h3-11,19,24H,1-2H3,(H,25,29)/t19-/m0/s1. The van der Waals surface area contributed by atoms with Crippen molar-refractivity contribution < 1.29 is 9.72 Å². The Morgan fingerprint density at radius 3 is 2.28 bits per heavy atom. The molecule has 32 heavy (non-hydrogen) atoms. The number of nitro groups is 1. The molecule has 9 nitrogen and oxygen atoms in total. The first-order chi connectivity index (χ1) is 15.0. The van der Waals surface area contributed by atoms with Gasteiger partial charge in [0.2, 0.25) is 3.79 Å². The first-order valence-electron chi connectivity index (χ1n) is 9.24. The van der Waals surface area contributed by atoms with E-state index in [1.165, 1.54) is 28.9 Å². The molecule has 1 atom stereocenters. The molecule has 0 fully saturated rings. The van der Waals surface area contributed by atoms with E-state index in [-0.39, 0.29) is 11.3 Å². The van der Waals surface area contributed by atoms with E-state index in [1.54, 1.807) is 42.9 Å². The summed E-state index contributed by atoms with van der Waals surface area (Å²) in [5.74, 6) is -0.849. The normalized spacial score (nSPS) is 12.3. The van der Waals surface area contributed by atoms with Crippen molar-refractivity contribution in [2.24, 2.45) is 7.05 Å². The Labute approximate surface area is 197 Å². The van der Waals surface area contributed by atoms with Crippen molar-refractivity contribution in [1.82, 2.24) is 14.7 Å². The number of amides is 1. The Hall–Kier alpha value is -3.01. The van der Waals surface area contributed by atoms with Gasteiger partial charge in [0.05, 0.1) is 16.3 Å². The van der Waals surface area contributed by atoms with Gasteiger partial charge in [-0.2, -0.15) is 0 Å². The van der Waals surface area contributed by atoms with Crippen molar-refractivity contribution in [2.75, 3.05) is 5.32 Å². The number of rotatable bonds is 6. The second-order valence-corrected chi connectivity index (χ2v) is 9.17. The third-order valence-electron chi connectivity index (χ3n) is 4.79. The van der Waals surface area contributed by atoms with E-state index in [4.69, 9.17) is 34.8 Å². The summed E-state index contributed by atoms with van der Waals surface area (Å²) in [4.78, 5) is 36.4. The summed E-state index contributed by atoms with van der Waals surface area (Å²) in [7, 11) is 1.69. The summed E-state index contributed by atoms with van der Waals surface area (Å²) in [6.45, 7) is 1.68. The molecular formula is C20H18Cl3N5O4. The number of aromatic nitrogens is 2. The van der Waals surface area contributed by atoms with Crippen molar-refractivity contribution >= 4 is 52.1 Å². The van der Waals surface area contributed by atoms with E-state index in [0.29, 0.717) is 11.4 Å². The summed E-state index contributed by atoms with van der Waals surface area (Å²) in [5.41, 5.74) is 0.162. The molecule has 1 heterocycles. The van der Waals surface area contributed by atoms with Gasteiger partial charge in [-0.05, 0) is 25.1 Å². The number of alkyl halides is 3. The summed E-state index contributed by atoms with van der Waals surface area (Å²) in [6.07, 6.45) is -1.38. The lowest BCUT2D eigenvalue weighted by atomic mass is 10.1. The maximum absolute atomic E-state index is 13.1. The van der Waals surface area contributed by atoms with Crippen LogP contribution < -0.4 is 16.2 Å². The predicted octanol–water partition coefficient (Wildman–Crippen LogP) is 3.93. The average Bonchev–Trinajstić information content (AvgIpc) is 2.96. The maximum Gasteiger partial charge on any atom is 0.295 e. The number of nitrogens with zero attached hydrogens (tertiary/aromatic N) is 3. The number of hydrogen-bond acceptors (Lipinski definition) is 5. The summed E-state index contributed by atoms with van der Waals surface area (Å²) in [5, 5.41) is 16.5. The van der Waals surface area contributed by atoms with Crippen LogP contribution >= 0.6 is 34.8 Å². The van der Waals surface area contributed by atoms with E-state index in [0.717, 1.165) is 0 Å². The van der Waals surface area contributed by atoms with Gasteiger partial charge in [-0.15, -0.1) is 0 Å². The van der Waals surface area contributed by atoms with Gasteiger partial charge in [0.15, 0.2) is 0 Å². The third kappa shape index (κ3) is 4.74. The molecular weight excluding hydrogens is 481 g/mol. The number of carbonyl (C=O) groups excluding carboxylic acids is 1. The molecule has 0 unspecified atom stereocenters. The molecule has 0 spiro atoms. The lowest BCUT2D eigenvalue weighted by Crippen LogP contribution is -2.50. The molecule has 1 amide bonds. The average molecular weight is 499 g/mol. The molecule has 1 aromatic heterocycles. The Bertz CT molecular complexity index is 1220. The van der Waals surface area contributed by atoms with Crippen LogP contribution in [0.3, 0.4) is 0 Å². The number of nitro benzene ring substituents is 1. The van der Waals surface area contributed by atoms with Crippen LogP contribution in [0, 0.1) is 17.0 Å². The molecule has 0 saturated heterocycles. The third-order valence-corrected chi connectivity index (χ3v) is 5.45. The molecule has 0 aliphatic rings. The molecule has 3 aromatic rings. The van der Waals surface area contributed by atoms with E-state index >= 15 is 0 Å². The Kier molecular flexibility index (Phi) is 6.82. The minimum atomic E-state index is -2.09. The molecule has 168 valence electrons. The highest BCUT2D eigenvalue weighted by atomic mass is 35.6. The fourth-order valence-electron chi connectivity index (χ4n) is 3.11. The van der Waals surface area contributed by atoms with Gasteiger partial charge in [0, 0.05) is 13.1 Å². The second-order valence-electron chi connectivity index (χ2n) is 6.80. The number of benzene rings is 2. The molecule has 3 rings (SSSR count). The lowest BCUT2D eigenvalue weighted by molar-refractivity contribution is -0.385. The van der Waals surface area contributed by atoms with Crippen LogP contribution in [-0.4, -0.2) is 30.2 Å². The Balaban J connectivity index is 1.98. The first kappa shape index (κ1) is 23.6. The summed E-state index contributed by atoms with van der Waals surface area (Å²) >= 11 is 18.2. The number of anilines is 1. The number of carbonyl (C=O) groups is 1. The Morgan fingerprint density at radius 2 is 1.69 bits per heavy atom. The van der Waals surface area contributed by atoms with Crippen molar-refractivity contribution in [3.63, 3.8) is 0 Å². The molecule has 12 heteroatoms. The van der Waals surface area contributed by atoms with Crippen LogP contribution in [0.1, 0.15) is 16.1 Å². The summed E-state index contributed by atoms with van der Waals surface area (Å²) < 4.78 is 0.932. The van der Waals surface area contributed by atoms with E-state index in [2.05, 4.69) is 10.6 Å². The van der Waals surface area contributed by atoms with Gasteiger partial charge in [0.25, 0.3) is 17.2 Å². The minimum absolute atomic E-state index is 0.0931. The van der Waals surface area contributed by atoms with E-state index in [9.17, 15) is 19.7 Å². The molecule has 2 N–H and O–H groups in total. The van der Waals surface area contributed by atoms with Crippen LogP contribution in [0.4, 0.5) is 11.4 Å². The van der Waals surface area contributed by atoms with Gasteiger partial charge in [-0.1, -0.05) is 65.1 Å². The summed E-state index contributed by atoms with van der Waals surface area (Å²) in [6, 6.07) is 14.3.